The number of halogens is 1. The number of rotatable bonds is 5. The molecule has 0 aliphatic heterocycles. The number of nitrogens with one attached hydrogen (secondary N) is 1. The van der Waals surface area contributed by atoms with E-state index in [0.717, 1.165) is 0 Å². The maximum Gasteiger partial charge on any atom is 0.253 e. The predicted octanol–water partition coefficient (Wildman–Crippen LogP) is 1.67. The monoisotopic (exact) mass is 313 g/mol. The fourth-order valence-electron chi connectivity index (χ4n) is 1.57. The van der Waals surface area contributed by atoms with Crippen molar-refractivity contribution < 1.29 is 9.59 Å². The highest BCUT2D eigenvalue weighted by molar-refractivity contribution is 5.99. The molecule has 0 heterocycles. The Morgan fingerprint density at radius 1 is 1.29 bits per heavy atom. The van der Waals surface area contributed by atoms with Crippen LogP contribution in [0.5, 0.6) is 0 Å². The van der Waals surface area contributed by atoms with Gasteiger partial charge >= 0.3 is 0 Å². The van der Waals surface area contributed by atoms with Gasteiger partial charge in [0.25, 0.3) is 11.8 Å². The second-order valence-corrected chi connectivity index (χ2v) is 5.57. The Kier molecular flexibility index (Phi) is 7.39. The van der Waals surface area contributed by atoms with Crippen LogP contribution < -0.4 is 11.1 Å². The average Bonchev–Trinajstić information content (AvgIpc) is 2.42. The lowest BCUT2D eigenvalue weighted by molar-refractivity contribution is 0.0802. The highest BCUT2D eigenvalue weighted by Gasteiger charge is 2.15. The van der Waals surface area contributed by atoms with Gasteiger partial charge in [-0.05, 0) is 39.0 Å². The van der Waals surface area contributed by atoms with Gasteiger partial charge in [0.2, 0.25) is 0 Å². The molecular formula is C15H24ClN3O2. The molecule has 118 valence electrons. The maximum absolute atomic E-state index is 12.0. The van der Waals surface area contributed by atoms with Crippen molar-refractivity contribution in [3.63, 3.8) is 0 Å². The summed E-state index contributed by atoms with van der Waals surface area (Å²) in [4.78, 5) is 25.7. The molecule has 1 aromatic rings. The van der Waals surface area contributed by atoms with Gasteiger partial charge in [-0.25, -0.2) is 0 Å². The van der Waals surface area contributed by atoms with Crippen molar-refractivity contribution in [2.24, 2.45) is 5.73 Å². The topological polar surface area (TPSA) is 75.4 Å². The van der Waals surface area contributed by atoms with Crippen molar-refractivity contribution in [2.45, 2.75) is 26.3 Å². The fourth-order valence-corrected chi connectivity index (χ4v) is 1.57. The van der Waals surface area contributed by atoms with Crippen LogP contribution in [0.2, 0.25) is 0 Å². The van der Waals surface area contributed by atoms with Crippen molar-refractivity contribution in [1.29, 1.82) is 0 Å². The molecule has 0 fully saturated rings. The van der Waals surface area contributed by atoms with E-state index < -0.39 is 5.54 Å². The van der Waals surface area contributed by atoms with Crippen LogP contribution >= 0.6 is 12.4 Å². The Labute approximate surface area is 132 Å². The number of hydrogen-bond donors (Lipinski definition) is 2. The lowest BCUT2D eigenvalue weighted by Gasteiger charge is -2.19. The van der Waals surface area contributed by atoms with E-state index in [1.807, 2.05) is 20.8 Å². The zero-order chi connectivity index (χ0) is 15.3. The van der Waals surface area contributed by atoms with Gasteiger partial charge < -0.3 is 16.0 Å². The van der Waals surface area contributed by atoms with Crippen LogP contribution in [-0.2, 0) is 0 Å². The molecule has 0 spiro atoms. The standard InChI is InChI=1S/C15H23N3O2.ClH/c1-5-18(4)14(20)12-8-6-7-11(9-12)13(19)17-10-15(2,3)16;/h6-9H,5,10,16H2,1-4H3,(H,17,19);1H. The first kappa shape index (κ1) is 19.4. The summed E-state index contributed by atoms with van der Waals surface area (Å²) in [6.45, 7) is 6.57. The molecular weight excluding hydrogens is 290 g/mol. The molecule has 0 atom stereocenters. The third-order valence-electron chi connectivity index (χ3n) is 2.90. The summed E-state index contributed by atoms with van der Waals surface area (Å²) >= 11 is 0. The van der Waals surface area contributed by atoms with E-state index in [-0.39, 0.29) is 24.2 Å². The van der Waals surface area contributed by atoms with Crippen molar-refractivity contribution >= 4 is 24.2 Å². The zero-order valence-electron chi connectivity index (χ0n) is 13.0. The van der Waals surface area contributed by atoms with E-state index in [1.165, 1.54) is 0 Å². The minimum Gasteiger partial charge on any atom is -0.350 e. The van der Waals surface area contributed by atoms with Gasteiger partial charge in [-0.1, -0.05) is 6.07 Å². The molecule has 0 saturated carbocycles. The third-order valence-corrected chi connectivity index (χ3v) is 2.90. The molecule has 0 unspecified atom stereocenters. The fraction of sp³-hybridized carbons (Fsp3) is 0.467. The Morgan fingerprint density at radius 2 is 1.86 bits per heavy atom. The molecule has 0 saturated heterocycles. The maximum atomic E-state index is 12.0. The van der Waals surface area contributed by atoms with Gasteiger partial charge in [0, 0.05) is 36.8 Å². The molecule has 0 aromatic heterocycles. The smallest absolute Gasteiger partial charge is 0.253 e. The van der Waals surface area contributed by atoms with Crippen LogP contribution in [0.1, 0.15) is 41.5 Å². The summed E-state index contributed by atoms with van der Waals surface area (Å²) in [6.07, 6.45) is 0. The molecule has 21 heavy (non-hydrogen) atoms. The number of nitrogens with zero attached hydrogens (tertiary/aromatic N) is 1. The molecule has 6 heteroatoms. The van der Waals surface area contributed by atoms with Crippen molar-refractivity contribution in [1.82, 2.24) is 10.2 Å². The molecule has 5 nitrogen and oxygen atoms in total. The van der Waals surface area contributed by atoms with Gasteiger partial charge in [-0.15, -0.1) is 12.4 Å². The zero-order valence-corrected chi connectivity index (χ0v) is 13.8. The normalized spacial score (nSPS) is 10.5. The summed E-state index contributed by atoms with van der Waals surface area (Å²) < 4.78 is 0. The van der Waals surface area contributed by atoms with Gasteiger partial charge in [0.1, 0.15) is 0 Å². The van der Waals surface area contributed by atoms with E-state index in [0.29, 0.717) is 24.2 Å². The minimum absolute atomic E-state index is 0. The Bertz CT molecular complexity index is 498. The molecule has 0 aliphatic carbocycles. The number of carbonyl (C=O) groups excluding carboxylic acids is 2. The van der Waals surface area contributed by atoms with Crippen LogP contribution in [0.4, 0.5) is 0 Å². The summed E-state index contributed by atoms with van der Waals surface area (Å²) in [6, 6.07) is 6.70. The number of hydrogen-bond acceptors (Lipinski definition) is 3. The lowest BCUT2D eigenvalue weighted by atomic mass is 10.1. The molecule has 2 amide bonds. The van der Waals surface area contributed by atoms with Gasteiger partial charge in [0.15, 0.2) is 0 Å². The Hall–Kier alpha value is -1.59. The Morgan fingerprint density at radius 3 is 2.38 bits per heavy atom. The van der Waals surface area contributed by atoms with Crippen LogP contribution in [0.15, 0.2) is 24.3 Å². The summed E-state index contributed by atoms with van der Waals surface area (Å²) in [5, 5.41) is 2.76. The lowest BCUT2D eigenvalue weighted by Crippen LogP contribution is -2.45. The number of benzene rings is 1. The van der Waals surface area contributed by atoms with Crippen LogP contribution in [-0.4, -0.2) is 42.4 Å². The molecule has 0 aliphatic rings. The first-order valence-electron chi connectivity index (χ1n) is 6.67. The van der Waals surface area contributed by atoms with Crippen LogP contribution in [0.25, 0.3) is 0 Å². The molecule has 0 bridgehead atoms. The summed E-state index contributed by atoms with van der Waals surface area (Å²) in [5.74, 6) is -0.321. The molecule has 3 N–H and O–H groups in total. The van der Waals surface area contributed by atoms with Gasteiger partial charge in [-0.3, -0.25) is 9.59 Å². The van der Waals surface area contributed by atoms with Gasteiger partial charge in [0.05, 0.1) is 0 Å². The van der Waals surface area contributed by atoms with Crippen molar-refractivity contribution in [2.75, 3.05) is 20.1 Å². The largest absolute Gasteiger partial charge is 0.350 e. The highest BCUT2D eigenvalue weighted by Crippen LogP contribution is 2.08. The Balaban J connectivity index is 0.00000400. The SMILES string of the molecule is CCN(C)C(=O)c1cccc(C(=O)NCC(C)(C)N)c1.Cl. The van der Waals surface area contributed by atoms with Crippen LogP contribution in [0, 0.1) is 0 Å². The van der Waals surface area contributed by atoms with E-state index >= 15 is 0 Å². The van der Waals surface area contributed by atoms with Crippen molar-refractivity contribution in [3.8, 4) is 0 Å². The summed E-state index contributed by atoms with van der Waals surface area (Å²) in [5.41, 5.74) is 6.33. The second-order valence-electron chi connectivity index (χ2n) is 5.57. The predicted molar refractivity (Wildman–Crippen MR) is 86.9 cm³/mol. The highest BCUT2D eigenvalue weighted by atomic mass is 35.5. The number of carbonyl (C=O) groups is 2. The quantitative estimate of drug-likeness (QED) is 0.868. The molecule has 1 aromatic carbocycles. The first-order valence-corrected chi connectivity index (χ1v) is 6.67. The van der Waals surface area contributed by atoms with Gasteiger partial charge in [-0.2, -0.15) is 0 Å². The third kappa shape index (κ3) is 6.14. The van der Waals surface area contributed by atoms with E-state index in [9.17, 15) is 9.59 Å². The number of amides is 2. The average molecular weight is 314 g/mol. The minimum atomic E-state index is -0.467. The first-order chi connectivity index (χ1) is 9.24. The molecule has 0 radical (unpaired) electrons. The van der Waals surface area contributed by atoms with Crippen LogP contribution in [0.3, 0.4) is 0 Å². The second kappa shape index (κ2) is 8.00. The van der Waals surface area contributed by atoms with E-state index in [1.54, 1.807) is 36.2 Å². The van der Waals surface area contributed by atoms with E-state index in [2.05, 4.69) is 5.32 Å². The summed E-state index contributed by atoms with van der Waals surface area (Å²) in [7, 11) is 1.73. The van der Waals surface area contributed by atoms with Crippen molar-refractivity contribution in [3.05, 3.63) is 35.4 Å². The number of nitrogens with two attached hydrogens (primary N) is 1. The van der Waals surface area contributed by atoms with E-state index in [4.69, 9.17) is 5.73 Å². The molecule has 1 rings (SSSR count).